The lowest BCUT2D eigenvalue weighted by Crippen LogP contribution is -2.12. The molecule has 0 aliphatic heterocycles. The van der Waals surface area contributed by atoms with Crippen LogP contribution in [0.4, 0.5) is 0 Å². The summed E-state index contributed by atoms with van der Waals surface area (Å²) in [5, 5.41) is 4.51. The highest BCUT2D eigenvalue weighted by Crippen LogP contribution is 2.27. The lowest BCUT2D eigenvalue weighted by molar-refractivity contribution is 0.101. The van der Waals surface area contributed by atoms with Crippen LogP contribution in [0.15, 0.2) is 0 Å². The molecule has 0 saturated heterocycles. The number of aromatic nitrogens is 2. The molecule has 2 rings (SSSR count). The maximum Gasteiger partial charge on any atom is 0.163 e. The molecule has 1 aliphatic rings. The topological polar surface area (TPSA) is 34.9 Å². The third-order valence-electron chi connectivity index (χ3n) is 4.21. The Morgan fingerprint density at radius 2 is 1.94 bits per heavy atom. The number of carbonyl (C=O) groups is 1. The van der Waals surface area contributed by atoms with Crippen LogP contribution in [-0.2, 0) is 6.54 Å². The molecule has 1 heterocycles. The molecule has 0 aromatic carbocycles. The van der Waals surface area contributed by atoms with E-state index in [9.17, 15) is 4.79 Å². The normalized spacial score (nSPS) is 17.1. The van der Waals surface area contributed by atoms with Crippen LogP contribution < -0.4 is 0 Å². The Kier molecular flexibility index (Phi) is 4.20. The first kappa shape index (κ1) is 13.3. The van der Waals surface area contributed by atoms with Crippen molar-refractivity contribution in [3.63, 3.8) is 0 Å². The molecule has 0 N–H and O–H groups in total. The molecule has 18 heavy (non-hydrogen) atoms. The molecule has 0 spiro atoms. The summed E-state index contributed by atoms with van der Waals surface area (Å²) in [5.41, 5.74) is 2.73. The zero-order valence-electron chi connectivity index (χ0n) is 11.8. The molecule has 1 saturated carbocycles. The molecule has 1 aromatic rings. The molecule has 0 bridgehead atoms. The fraction of sp³-hybridized carbons (Fsp3) is 0.733. The Balaban J connectivity index is 2.01. The lowest BCUT2D eigenvalue weighted by Gasteiger charge is -2.21. The van der Waals surface area contributed by atoms with Gasteiger partial charge in [-0.2, -0.15) is 5.10 Å². The van der Waals surface area contributed by atoms with Crippen LogP contribution in [0.25, 0.3) is 0 Å². The van der Waals surface area contributed by atoms with Crippen molar-refractivity contribution in [2.75, 3.05) is 0 Å². The van der Waals surface area contributed by atoms with Crippen molar-refractivity contribution in [1.82, 2.24) is 9.78 Å². The van der Waals surface area contributed by atoms with E-state index in [0.29, 0.717) is 0 Å². The van der Waals surface area contributed by atoms with Crippen LogP contribution in [-0.4, -0.2) is 15.6 Å². The van der Waals surface area contributed by atoms with E-state index in [2.05, 4.69) is 5.10 Å². The predicted molar refractivity (Wildman–Crippen MR) is 72.9 cm³/mol. The quantitative estimate of drug-likeness (QED) is 0.762. The molecule has 0 unspecified atom stereocenters. The second-order valence-electron chi connectivity index (χ2n) is 5.62. The van der Waals surface area contributed by atoms with Crippen molar-refractivity contribution in [3.8, 4) is 0 Å². The van der Waals surface area contributed by atoms with Crippen LogP contribution in [0.2, 0.25) is 0 Å². The number of hydrogen-bond donors (Lipinski definition) is 0. The van der Waals surface area contributed by atoms with Gasteiger partial charge >= 0.3 is 0 Å². The molecule has 0 radical (unpaired) electrons. The van der Waals surface area contributed by atoms with Crippen molar-refractivity contribution in [3.05, 3.63) is 17.0 Å². The smallest absolute Gasteiger partial charge is 0.163 e. The third-order valence-corrected chi connectivity index (χ3v) is 4.21. The number of carbonyl (C=O) groups excluding carboxylic acids is 1. The molecular weight excluding hydrogens is 224 g/mol. The first-order chi connectivity index (χ1) is 8.59. The summed E-state index contributed by atoms with van der Waals surface area (Å²) in [6.07, 6.45) is 8.14. The average molecular weight is 248 g/mol. The SMILES string of the molecule is CC(=O)c1c(C)nn(CCC2CCCCC2)c1C. The summed E-state index contributed by atoms with van der Waals surface area (Å²) >= 11 is 0. The molecule has 3 nitrogen and oxygen atoms in total. The largest absolute Gasteiger partial charge is 0.294 e. The van der Waals surface area contributed by atoms with Crippen LogP contribution in [0.1, 0.15) is 67.2 Å². The van der Waals surface area contributed by atoms with Gasteiger partial charge in [0.15, 0.2) is 5.78 Å². The van der Waals surface area contributed by atoms with Gasteiger partial charge in [0.05, 0.1) is 11.3 Å². The third kappa shape index (κ3) is 2.82. The molecule has 1 fully saturated rings. The van der Waals surface area contributed by atoms with E-state index in [1.54, 1.807) is 6.92 Å². The highest BCUT2D eigenvalue weighted by Gasteiger charge is 2.17. The summed E-state index contributed by atoms with van der Waals surface area (Å²) in [7, 11) is 0. The highest BCUT2D eigenvalue weighted by molar-refractivity contribution is 5.96. The number of aryl methyl sites for hydroxylation is 2. The van der Waals surface area contributed by atoms with Gasteiger partial charge in [0.2, 0.25) is 0 Å². The monoisotopic (exact) mass is 248 g/mol. The van der Waals surface area contributed by atoms with Crippen molar-refractivity contribution >= 4 is 5.78 Å². The van der Waals surface area contributed by atoms with Crippen LogP contribution in [0.5, 0.6) is 0 Å². The molecule has 1 aliphatic carbocycles. The fourth-order valence-electron chi connectivity index (χ4n) is 3.20. The Labute approximate surface area is 110 Å². The van der Waals surface area contributed by atoms with Gasteiger partial charge in [0, 0.05) is 12.2 Å². The summed E-state index contributed by atoms with van der Waals surface area (Å²) < 4.78 is 2.03. The first-order valence-corrected chi connectivity index (χ1v) is 7.14. The van der Waals surface area contributed by atoms with E-state index >= 15 is 0 Å². The number of hydrogen-bond acceptors (Lipinski definition) is 2. The van der Waals surface area contributed by atoms with E-state index in [1.807, 2.05) is 18.5 Å². The molecule has 1 aromatic heterocycles. The number of ketones is 1. The molecule has 3 heteroatoms. The van der Waals surface area contributed by atoms with Gasteiger partial charge in [-0.25, -0.2) is 0 Å². The van der Waals surface area contributed by atoms with E-state index in [0.717, 1.165) is 29.4 Å². The van der Waals surface area contributed by atoms with Gasteiger partial charge in [-0.15, -0.1) is 0 Å². The van der Waals surface area contributed by atoms with E-state index in [1.165, 1.54) is 38.5 Å². The van der Waals surface area contributed by atoms with Crippen molar-refractivity contribution < 1.29 is 4.79 Å². The number of rotatable bonds is 4. The zero-order valence-corrected chi connectivity index (χ0v) is 11.8. The van der Waals surface area contributed by atoms with E-state index in [4.69, 9.17) is 0 Å². The van der Waals surface area contributed by atoms with Gasteiger partial charge in [-0.1, -0.05) is 32.1 Å². The van der Waals surface area contributed by atoms with Gasteiger partial charge in [0.1, 0.15) is 0 Å². The Hall–Kier alpha value is -1.12. The van der Waals surface area contributed by atoms with Gasteiger partial charge in [0.25, 0.3) is 0 Å². The van der Waals surface area contributed by atoms with Crippen LogP contribution >= 0.6 is 0 Å². The summed E-state index contributed by atoms with van der Waals surface area (Å²) in [4.78, 5) is 11.6. The van der Waals surface area contributed by atoms with Crippen molar-refractivity contribution in [1.29, 1.82) is 0 Å². The maximum atomic E-state index is 11.6. The molecule has 0 atom stereocenters. The van der Waals surface area contributed by atoms with E-state index in [-0.39, 0.29) is 5.78 Å². The molecule has 0 amide bonds. The van der Waals surface area contributed by atoms with Crippen LogP contribution in [0, 0.1) is 19.8 Å². The first-order valence-electron chi connectivity index (χ1n) is 7.14. The minimum Gasteiger partial charge on any atom is -0.294 e. The lowest BCUT2D eigenvalue weighted by atomic mass is 9.87. The summed E-state index contributed by atoms with van der Waals surface area (Å²) in [6.45, 7) is 6.53. The standard InChI is InChI=1S/C15H24N2O/c1-11-15(13(3)18)12(2)17(16-11)10-9-14-7-5-4-6-8-14/h14H,4-10H2,1-3H3. The van der Waals surface area contributed by atoms with Gasteiger partial charge < -0.3 is 0 Å². The second kappa shape index (κ2) is 5.68. The van der Waals surface area contributed by atoms with Crippen LogP contribution in [0.3, 0.4) is 0 Å². The fourth-order valence-corrected chi connectivity index (χ4v) is 3.20. The van der Waals surface area contributed by atoms with Gasteiger partial charge in [-0.05, 0) is 33.1 Å². The summed E-state index contributed by atoms with van der Waals surface area (Å²) in [6, 6.07) is 0. The second-order valence-corrected chi connectivity index (χ2v) is 5.62. The van der Waals surface area contributed by atoms with Crippen molar-refractivity contribution in [2.24, 2.45) is 5.92 Å². The van der Waals surface area contributed by atoms with Crippen molar-refractivity contribution in [2.45, 2.75) is 65.8 Å². The minimum absolute atomic E-state index is 0.133. The van der Waals surface area contributed by atoms with Gasteiger partial charge in [-0.3, -0.25) is 9.48 Å². The molecular formula is C15H24N2O. The average Bonchev–Trinajstić information content (AvgIpc) is 2.63. The Morgan fingerprint density at radius 1 is 1.28 bits per heavy atom. The predicted octanol–water partition coefficient (Wildman–Crippen LogP) is 3.67. The Morgan fingerprint density at radius 3 is 2.50 bits per heavy atom. The van der Waals surface area contributed by atoms with E-state index < -0.39 is 0 Å². The minimum atomic E-state index is 0.133. The summed E-state index contributed by atoms with van der Waals surface area (Å²) in [5.74, 6) is 0.998. The number of nitrogens with zero attached hydrogens (tertiary/aromatic N) is 2. The molecule has 100 valence electrons. The highest BCUT2D eigenvalue weighted by atomic mass is 16.1. The zero-order chi connectivity index (χ0) is 13.1. The maximum absolute atomic E-state index is 11.6. The Bertz CT molecular complexity index is 428. The number of Topliss-reactive ketones (excluding diaryl/α,β-unsaturated/α-hetero) is 1.